The highest BCUT2D eigenvalue weighted by atomic mass is 79.9. The van der Waals surface area contributed by atoms with E-state index in [0.717, 1.165) is 31.2 Å². The maximum Gasteiger partial charge on any atom is 0.338 e. The van der Waals surface area contributed by atoms with E-state index >= 15 is 0 Å². The Balaban J connectivity index is 1.68. The van der Waals surface area contributed by atoms with Crippen LogP contribution >= 0.6 is 31.9 Å². The molecule has 0 amide bonds. The molecule has 0 bridgehead atoms. The van der Waals surface area contributed by atoms with E-state index in [4.69, 9.17) is 9.47 Å². The number of hydrogen-bond acceptors (Lipinski definition) is 4. The molecule has 0 aromatic heterocycles. The van der Waals surface area contributed by atoms with Crippen LogP contribution in [0.15, 0.2) is 106 Å². The molecule has 0 saturated carbocycles. The fourth-order valence-corrected chi connectivity index (χ4v) is 6.62. The Morgan fingerprint density at radius 2 is 1.13 bits per heavy atom. The number of aryl methyl sites for hydroxylation is 1. The number of ether oxygens (including phenoxy) is 2. The number of benzene rings is 4. The summed E-state index contributed by atoms with van der Waals surface area (Å²) in [5.74, 6) is -1.55. The van der Waals surface area contributed by atoms with Crippen molar-refractivity contribution in [1.82, 2.24) is 0 Å². The van der Waals surface area contributed by atoms with Gasteiger partial charge >= 0.3 is 11.9 Å². The maximum atomic E-state index is 13.5. The number of esters is 2. The summed E-state index contributed by atoms with van der Waals surface area (Å²) in [6.07, 6.45) is -1.51. The molecule has 0 aliphatic heterocycles. The van der Waals surface area contributed by atoms with Crippen molar-refractivity contribution in [1.29, 1.82) is 0 Å². The van der Waals surface area contributed by atoms with Gasteiger partial charge in [-0.1, -0.05) is 99.4 Å². The molecule has 38 heavy (non-hydrogen) atoms. The fourth-order valence-electron chi connectivity index (χ4n) is 5.28. The minimum absolute atomic E-state index is 0.234. The molecule has 192 valence electrons. The smallest absolute Gasteiger partial charge is 0.338 e. The molecule has 0 fully saturated rings. The van der Waals surface area contributed by atoms with Crippen LogP contribution in [0.1, 0.15) is 61.7 Å². The van der Waals surface area contributed by atoms with Crippen LogP contribution in [0.5, 0.6) is 0 Å². The Morgan fingerprint density at radius 3 is 1.68 bits per heavy atom. The lowest BCUT2D eigenvalue weighted by Gasteiger charge is -2.43. The van der Waals surface area contributed by atoms with E-state index in [0.29, 0.717) is 11.1 Å². The first-order valence-corrected chi connectivity index (χ1v) is 14.0. The minimum Gasteiger partial charge on any atom is -0.454 e. The van der Waals surface area contributed by atoms with Crippen LogP contribution in [0.25, 0.3) is 0 Å². The first-order chi connectivity index (χ1) is 18.4. The molecule has 1 aliphatic rings. The highest BCUT2D eigenvalue weighted by Gasteiger charge is 2.48. The Bertz CT molecular complexity index is 1450. The molecule has 1 aliphatic carbocycles. The molecule has 0 heterocycles. The average Bonchev–Trinajstić information content (AvgIpc) is 2.93. The van der Waals surface area contributed by atoms with Crippen LogP contribution in [0.3, 0.4) is 0 Å². The molecule has 6 heteroatoms. The van der Waals surface area contributed by atoms with E-state index < -0.39 is 30.1 Å². The second kappa shape index (κ2) is 11.3. The normalized spacial score (nSPS) is 20.3. The quantitative estimate of drug-likeness (QED) is 0.208. The Morgan fingerprint density at radius 1 is 0.632 bits per heavy atom. The van der Waals surface area contributed by atoms with Gasteiger partial charge in [0, 0.05) is 14.9 Å². The van der Waals surface area contributed by atoms with Crippen molar-refractivity contribution in [2.75, 3.05) is 0 Å². The lowest BCUT2D eigenvalue weighted by Crippen LogP contribution is -2.47. The Kier molecular flexibility index (Phi) is 7.82. The van der Waals surface area contributed by atoms with Crippen molar-refractivity contribution >= 4 is 43.8 Å². The monoisotopic (exact) mass is 632 g/mol. The van der Waals surface area contributed by atoms with Crippen molar-refractivity contribution in [2.45, 2.75) is 37.9 Å². The van der Waals surface area contributed by atoms with Gasteiger partial charge in [0.25, 0.3) is 0 Å². The van der Waals surface area contributed by atoms with Gasteiger partial charge in [0.2, 0.25) is 0 Å². The van der Waals surface area contributed by atoms with Crippen molar-refractivity contribution < 1.29 is 19.1 Å². The summed E-state index contributed by atoms with van der Waals surface area (Å²) in [7, 11) is 0. The van der Waals surface area contributed by atoms with E-state index in [1.54, 1.807) is 48.5 Å². The molecule has 0 radical (unpaired) electrons. The Labute approximate surface area is 239 Å². The topological polar surface area (TPSA) is 52.6 Å². The third-order valence-electron chi connectivity index (χ3n) is 7.12. The van der Waals surface area contributed by atoms with Crippen LogP contribution in [-0.4, -0.2) is 24.1 Å². The van der Waals surface area contributed by atoms with Crippen LogP contribution in [0.4, 0.5) is 0 Å². The molecular formula is C32H26Br2O4. The summed E-state index contributed by atoms with van der Waals surface area (Å²) in [5.41, 5.74) is 4.97. The number of rotatable bonds is 5. The SMILES string of the molecule is Cc1cccc(Br)c1C1c2c(Br)cccc2C(C)C(OC(=O)c2ccccc2)C1OC(=O)c1ccccc1. The van der Waals surface area contributed by atoms with Gasteiger partial charge in [-0.3, -0.25) is 0 Å². The van der Waals surface area contributed by atoms with E-state index in [2.05, 4.69) is 37.9 Å². The van der Waals surface area contributed by atoms with E-state index in [-0.39, 0.29) is 5.92 Å². The first-order valence-electron chi connectivity index (χ1n) is 12.4. The minimum atomic E-state index is -0.783. The van der Waals surface area contributed by atoms with E-state index in [1.807, 2.05) is 56.3 Å². The predicted octanol–water partition coefficient (Wildman–Crippen LogP) is 8.22. The summed E-state index contributed by atoms with van der Waals surface area (Å²) < 4.78 is 14.4. The summed E-state index contributed by atoms with van der Waals surface area (Å²) in [6.45, 7) is 4.05. The molecule has 4 unspecified atom stereocenters. The van der Waals surface area contributed by atoms with Gasteiger partial charge in [-0.15, -0.1) is 0 Å². The highest BCUT2D eigenvalue weighted by molar-refractivity contribution is 9.10. The largest absolute Gasteiger partial charge is 0.454 e. The van der Waals surface area contributed by atoms with Crippen molar-refractivity contribution in [3.63, 3.8) is 0 Å². The van der Waals surface area contributed by atoms with Gasteiger partial charge < -0.3 is 9.47 Å². The summed E-state index contributed by atoms with van der Waals surface area (Å²) >= 11 is 7.54. The predicted molar refractivity (Wildman–Crippen MR) is 155 cm³/mol. The molecule has 4 aromatic carbocycles. The maximum absolute atomic E-state index is 13.5. The summed E-state index contributed by atoms with van der Waals surface area (Å²) in [6, 6.07) is 29.8. The molecule has 4 atom stereocenters. The van der Waals surface area contributed by atoms with Crippen LogP contribution in [0.2, 0.25) is 0 Å². The zero-order valence-corrected chi connectivity index (χ0v) is 24.1. The molecule has 5 rings (SSSR count). The highest BCUT2D eigenvalue weighted by Crippen LogP contribution is 2.50. The van der Waals surface area contributed by atoms with Gasteiger partial charge in [0.1, 0.15) is 6.10 Å². The third kappa shape index (κ3) is 5.07. The number of hydrogen-bond donors (Lipinski definition) is 0. The second-order valence-electron chi connectivity index (χ2n) is 9.45. The molecule has 0 saturated heterocycles. The first kappa shape index (κ1) is 26.4. The standard InChI is InChI=1S/C32H26Br2O4/c1-19-11-9-17-24(33)26(19)28-27-23(16-10-18-25(27)34)20(2)29(37-31(35)21-12-5-3-6-13-21)30(28)38-32(36)22-14-7-4-8-15-22/h3-18,20,28-30H,1-2H3. The molecule has 4 aromatic rings. The van der Waals surface area contributed by atoms with Crippen LogP contribution < -0.4 is 0 Å². The molecule has 4 nitrogen and oxygen atoms in total. The van der Waals surface area contributed by atoms with Crippen LogP contribution in [-0.2, 0) is 9.47 Å². The van der Waals surface area contributed by atoms with Crippen molar-refractivity contribution in [3.05, 3.63) is 139 Å². The van der Waals surface area contributed by atoms with Crippen LogP contribution in [0, 0.1) is 6.92 Å². The molecule has 0 N–H and O–H groups in total. The number of halogens is 2. The molecular weight excluding hydrogens is 608 g/mol. The van der Waals surface area contributed by atoms with Gasteiger partial charge in [-0.25, -0.2) is 9.59 Å². The van der Waals surface area contributed by atoms with Gasteiger partial charge in [-0.2, -0.15) is 0 Å². The fraction of sp³-hybridized carbons (Fsp3) is 0.188. The average molecular weight is 634 g/mol. The number of carbonyl (C=O) groups is 2. The second-order valence-corrected chi connectivity index (χ2v) is 11.2. The van der Waals surface area contributed by atoms with Gasteiger partial charge in [0.05, 0.1) is 17.0 Å². The summed E-state index contributed by atoms with van der Waals surface area (Å²) in [5, 5.41) is 0. The number of carbonyl (C=O) groups excluding carboxylic acids is 2. The van der Waals surface area contributed by atoms with Crippen molar-refractivity contribution in [3.8, 4) is 0 Å². The van der Waals surface area contributed by atoms with Crippen molar-refractivity contribution in [2.24, 2.45) is 0 Å². The van der Waals surface area contributed by atoms with Gasteiger partial charge in [-0.05, 0) is 65.6 Å². The lowest BCUT2D eigenvalue weighted by molar-refractivity contribution is -0.0534. The zero-order chi connectivity index (χ0) is 26.8. The van der Waals surface area contributed by atoms with E-state index in [9.17, 15) is 9.59 Å². The number of fused-ring (bicyclic) bond motifs is 1. The zero-order valence-electron chi connectivity index (χ0n) is 20.9. The molecule has 0 spiro atoms. The third-order valence-corrected chi connectivity index (χ3v) is 8.50. The van der Waals surface area contributed by atoms with Gasteiger partial charge in [0.15, 0.2) is 6.10 Å². The lowest BCUT2D eigenvalue weighted by atomic mass is 9.70. The Hall–Kier alpha value is -3.22. The van der Waals surface area contributed by atoms with E-state index in [1.165, 1.54) is 0 Å². The summed E-state index contributed by atoms with van der Waals surface area (Å²) in [4.78, 5) is 26.8.